The van der Waals surface area contributed by atoms with E-state index in [1.54, 1.807) is 0 Å². The van der Waals surface area contributed by atoms with E-state index in [0.29, 0.717) is 0 Å². The average molecular weight is 203 g/mol. The Kier molecular flexibility index (Phi) is 5.23. The van der Waals surface area contributed by atoms with Gasteiger partial charge in [-0.25, -0.2) is 4.79 Å². The molecular formula is C7H13N3O4. The van der Waals surface area contributed by atoms with E-state index < -0.39 is 30.2 Å². The van der Waals surface area contributed by atoms with E-state index in [4.69, 9.17) is 16.6 Å². The molecule has 0 bridgehead atoms. The topological polar surface area (TPSA) is 136 Å². The standard InChI is InChI=1S/C7H13N3O4/c8-2-1-6(12)10-4(7(13)14)3-5(9)11/h4H,1-3,8H2,(H2,9,11)(H,10,12)(H,13,14)/t4-/m0/s1. The lowest BCUT2D eigenvalue weighted by atomic mass is 10.2. The summed E-state index contributed by atoms with van der Waals surface area (Å²) in [6.45, 7) is 0.120. The zero-order valence-electron chi connectivity index (χ0n) is 7.53. The van der Waals surface area contributed by atoms with Crippen LogP contribution in [0.1, 0.15) is 12.8 Å². The van der Waals surface area contributed by atoms with Gasteiger partial charge in [0, 0.05) is 13.0 Å². The van der Waals surface area contributed by atoms with Crippen LogP contribution in [0.15, 0.2) is 0 Å². The molecule has 2 amide bonds. The number of carboxylic acid groups (broad SMARTS) is 1. The molecule has 0 saturated carbocycles. The van der Waals surface area contributed by atoms with Crippen LogP contribution in [0.5, 0.6) is 0 Å². The van der Waals surface area contributed by atoms with Gasteiger partial charge in [-0.3, -0.25) is 9.59 Å². The highest BCUT2D eigenvalue weighted by atomic mass is 16.4. The molecule has 14 heavy (non-hydrogen) atoms. The second-order valence-corrected chi connectivity index (χ2v) is 2.67. The van der Waals surface area contributed by atoms with Gasteiger partial charge in [-0.2, -0.15) is 0 Å². The summed E-state index contributed by atoms with van der Waals surface area (Å²) < 4.78 is 0. The summed E-state index contributed by atoms with van der Waals surface area (Å²) in [6, 6.07) is -1.27. The fourth-order valence-corrected chi connectivity index (χ4v) is 0.799. The average Bonchev–Trinajstić information content (AvgIpc) is 2.02. The largest absolute Gasteiger partial charge is 0.480 e. The van der Waals surface area contributed by atoms with E-state index in [1.807, 2.05) is 0 Å². The molecule has 0 saturated heterocycles. The van der Waals surface area contributed by atoms with E-state index >= 15 is 0 Å². The maximum Gasteiger partial charge on any atom is 0.326 e. The van der Waals surface area contributed by atoms with Gasteiger partial charge < -0.3 is 21.9 Å². The normalized spacial score (nSPS) is 11.8. The van der Waals surface area contributed by atoms with Crippen LogP contribution in [0.25, 0.3) is 0 Å². The maximum atomic E-state index is 10.9. The molecular weight excluding hydrogens is 190 g/mol. The SMILES string of the molecule is NCCC(=O)N[C@@H](CC(N)=O)C(=O)O. The molecule has 0 aromatic heterocycles. The molecule has 0 unspecified atom stereocenters. The fraction of sp³-hybridized carbons (Fsp3) is 0.571. The predicted octanol–water partition coefficient (Wildman–Crippen LogP) is -2.22. The first-order chi connectivity index (χ1) is 6.47. The summed E-state index contributed by atoms with van der Waals surface area (Å²) in [5.74, 6) is -2.60. The smallest absolute Gasteiger partial charge is 0.326 e. The number of hydrogen-bond acceptors (Lipinski definition) is 4. The number of rotatable bonds is 6. The summed E-state index contributed by atoms with van der Waals surface area (Å²) in [4.78, 5) is 31.9. The minimum atomic E-state index is -1.30. The number of nitrogens with two attached hydrogens (primary N) is 2. The Hall–Kier alpha value is -1.63. The molecule has 0 heterocycles. The number of nitrogens with one attached hydrogen (secondary N) is 1. The number of amides is 2. The van der Waals surface area contributed by atoms with E-state index in [-0.39, 0.29) is 13.0 Å². The third-order valence-corrected chi connectivity index (χ3v) is 1.41. The highest BCUT2D eigenvalue weighted by molar-refractivity contribution is 5.88. The second kappa shape index (κ2) is 5.92. The molecule has 6 N–H and O–H groups in total. The third-order valence-electron chi connectivity index (χ3n) is 1.41. The molecule has 0 aliphatic rings. The molecule has 0 aromatic carbocycles. The second-order valence-electron chi connectivity index (χ2n) is 2.67. The van der Waals surface area contributed by atoms with Crippen molar-refractivity contribution in [2.75, 3.05) is 6.54 Å². The molecule has 1 atom stereocenters. The highest BCUT2D eigenvalue weighted by Crippen LogP contribution is 1.92. The van der Waals surface area contributed by atoms with Crippen molar-refractivity contribution in [3.63, 3.8) is 0 Å². The number of carbonyl (C=O) groups is 3. The van der Waals surface area contributed by atoms with Crippen molar-refractivity contribution in [1.82, 2.24) is 5.32 Å². The van der Waals surface area contributed by atoms with Gasteiger partial charge >= 0.3 is 5.97 Å². The zero-order valence-corrected chi connectivity index (χ0v) is 7.53. The maximum absolute atomic E-state index is 10.9. The molecule has 0 fully saturated rings. The minimum Gasteiger partial charge on any atom is -0.480 e. The number of hydrogen-bond donors (Lipinski definition) is 4. The molecule has 0 aromatic rings. The first kappa shape index (κ1) is 12.4. The van der Waals surface area contributed by atoms with Crippen LogP contribution in [0, 0.1) is 0 Å². The lowest BCUT2D eigenvalue weighted by molar-refractivity contribution is -0.143. The summed E-state index contributed by atoms with van der Waals surface area (Å²) in [5, 5.41) is 10.7. The lowest BCUT2D eigenvalue weighted by Gasteiger charge is -2.11. The Labute approximate surface area is 80.4 Å². The van der Waals surface area contributed by atoms with Gasteiger partial charge in [0.15, 0.2) is 0 Å². The van der Waals surface area contributed by atoms with Crippen molar-refractivity contribution in [1.29, 1.82) is 0 Å². The summed E-state index contributed by atoms with van der Waals surface area (Å²) in [5.41, 5.74) is 9.89. The van der Waals surface area contributed by atoms with E-state index in [9.17, 15) is 14.4 Å². The van der Waals surface area contributed by atoms with Crippen molar-refractivity contribution >= 4 is 17.8 Å². The summed E-state index contributed by atoms with van der Waals surface area (Å²) in [6.07, 6.45) is -0.409. The quantitative estimate of drug-likeness (QED) is 0.387. The van der Waals surface area contributed by atoms with Crippen molar-refractivity contribution in [3.05, 3.63) is 0 Å². The first-order valence-corrected chi connectivity index (χ1v) is 3.98. The lowest BCUT2D eigenvalue weighted by Crippen LogP contribution is -2.43. The molecule has 7 nitrogen and oxygen atoms in total. The number of aliphatic carboxylic acids is 1. The van der Waals surface area contributed by atoms with Crippen LogP contribution >= 0.6 is 0 Å². The molecule has 0 aliphatic heterocycles. The Morgan fingerprint density at radius 1 is 1.36 bits per heavy atom. The van der Waals surface area contributed by atoms with Gasteiger partial charge in [-0.15, -0.1) is 0 Å². The van der Waals surface area contributed by atoms with E-state index in [2.05, 4.69) is 5.32 Å². The van der Waals surface area contributed by atoms with Crippen LogP contribution < -0.4 is 16.8 Å². The molecule has 0 radical (unpaired) electrons. The minimum absolute atomic E-state index is 0.0164. The van der Waals surface area contributed by atoms with Crippen molar-refractivity contribution in [3.8, 4) is 0 Å². The van der Waals surface area contributed by atoms with Gasteiger partial charge in [0.25, 0.3) is 0 Å². The molecule has 0 spiro atoms. The number of carboxylic acids is 1. The number of primary amides is 1. The summed E-state index contributed by atoms with van der Waals surface area (Å²) in [7, 11) is 0. The van der Waals surface area contributed by atoms with Crippen LogP contribution in [-0.4, -0.2) is 35.5 Å². The summed E-state index contributed by atoms with van der Waals surface area (Å²) >= 11 is 0. The highest BCUT2D eigenvalue weighted by Gasteiger charge is 2.21. The Balaban J connectivity index is 4.16. The Morgan fingerprint density at radius 2 is 1.93 bits per heavy atom. The number of carbonyl (C=O) groups excluding carboxylic acids is 2. The van der Waals surface area contributed by atoms with Crippen LogP contribution in [0.3, 0.4) is 0 Å². The Bertz CT molecular complexity index is 241. The first-order valence-electron chi connectivity index (χ1n) is 3.98. The molecule has 0 rings (SSSR count). The fourth-order valence-electron chi connectivity index (χ4n) is 0.799. The van der Waals surface area contributed by atoms with Gasteiger partial charge in [0.05, 0.1) is 6.42 Å². The predicted molar refractivity (Wildman–Crippen MR) is 47.0 cm³/mol. The van der Waals surface area contributed by atoms with Crippen LogP contribution in [0.2, 0.25) is 0 Å². The molecule has 80 valence electrons. The zero-order chi connectivity index (χ0) is 11.1. The monoisotopic (exact) mass is 203 g/mol. The van der Waals surface area contributed by atoms with Crippen molar-refractivity contribution in [2.24, 2.45) is 11.5 Å². The van der Waals surface area contributed by atoms with Gasteiger partial charge in [-0.05, 0) is 0 Å². The van der Waals surface area contributed by atoms with Crippen LogP contribution in [0.4, 0.5) is 0 Å². The molecule has 0 aliphatic carbocycles. The van der Waals surface area contributed by atoms with Crippen LogP contribution in [-0.2, 0) is 14.4 Å². The van der Waals surface area contributed by atoms with Gasteiger partial charge in [0.1, 0.15) is 6.04 Å². The van der Waals surface area contributed by atoms with Gasteiger partial charge in [0.2, 0.25) is 11.8 Å². The van der Waals surface area contributed by atoms with Crippen molar-refractivity contribution in [2.45, 2.75) is 18.9 Å². The third kappa shape index (κ3) is 5.09. The van der Waals surface area contributed by atoms with Gasteiger partial charge in [-0.1, -0.05) is 0 Å². The molecule has 7 heteroatoms. The van der Waals surface area contributed by atoms with E-state index in [0.717, 1.165) is 0 Å². The Morgan fingerprint density at radius 3 is 2.29 bits per heavy atom. The van der Waals surface area contributed by atoms with E-state index in [1.165, 1.54) is 0 Å². The van der Waals surface area contributed by atoms with Crippen molar-refractivity contribution < 1.29 is 19.5 Å².